The summed E-state index contributed by atoms with van der Waals surface area (Å²) in [7, 11) is 0. The minimum atomic E-state index is 0.716. The van der Waals surface area contributed by atoms with Crippen molar-refractivity contribution in [1.82, 2.24) is 9.80 Å². The van der Waals surface area contributed by atoms with Crippen LogP contribution in [-0.2, 0) is 0 Å². The summed E-state index contributed by atoms with van der Waals surface area (Å²) in [5.74, 6) is 1.67. The lowest BCUT2D eigenvalue weighted by molar-refractivity contribution is 0.0950. The number of hydrogen-bond donors (Lipinski definition) is 0. The van der Waals surface area contributed by atoms with E-state index in [1.54, 1.807) is 5.57 Å². The molecule has 1 fully saturated rings. The highest BCUT2D eigenvalue weighted by Crippen LogP contribution is 2.28. The van der Waals surface area contributed by atoms with Gasteiger partial charge >= 0.3 is 0 Å². The summed E-state index contributed by atoms with van der Waals surface area (Å²) in [6.07, 6.45) is 6.60. The fourth-order valence-electron chi connectivity index (χ4n) is 3.43. The molecule has 19 heavy (non-hydrogen) atoms. The van der Waals surface area contributed by atoms with Crippen molar-refractivity contribution in [3.05, 3.63) is 11.6 Å². The quantitative estimate of drug-likeness (QED) is 0.718. The average molecular weight is 264 g/mol. The molecule has 2 nitrogen and oxygen atoms in total. The normalized spacial score (nSPS) is 27.1. The Morgan fingerprint density at radius 1 is 1.11 bits per heavy atom. The standard InChI is InChI=1S/C17H32N2/c1-14(2)17-7-5-16(6-8-17)13-18-9-11-19(12-10-18)15(3)4/h7,14-16H,5-6,8-13H2,1-4H3. The van der Waals surface area contributed by atoms with Crippen LogP contribution in [0.2, 0.25) is 0 Å². The van der Waals surface area contributed by atoms with Gasteiger partial charge in [0.05, 0.1) is 0 Å². The number of rotatable bonds is 4. The van der Waals surface area contributed by atoms with Crippen molar-refractivity contribution in [2.45, 2.75) is 53.0 Å². The van der Waals surface area contributed by atoms with E-state index in [0.29, 0.717) is 6.04 Å². The summed E-state index contributed by atoms with van der Waals surface area (Å²) < 4.78 is 0. The highest BCUT2D eigenvalue weighted by atomic mass is 15.3. The van der Waals surface area contributed by atoms with E-state index in [0.717, 1.165) is 11.8 Å². The van der Waals surface area contributed by atoms with Crippen molar-refractivity contribution in [2.24, 2.45) is 11.8 Å². The topological polar surface area (TPSA) is 6.48 Å². The minimum absolute atomic E-state index is 0.716. The number of nitrogens with zero attached hydrogens (tertiary/aromatic N) is 2. The molecule has 0 spiro atoms. The van der Waals surface area contributed by atoms with Gasteiger partial charge in [-0.2, -0.15) is 0 Å². The number of hydrogen-bond acceptors (Lipinski definition) is 2. The second kappa shape index (κ2) is 6.90. The van der Waals surface area contributed by atoms with E-state index in [9.17, 15) is 0 Å². The smallest absolute Gasteiger partial charge is 0.0113 e. The van der Waals surface area contributed by atoms with Gasteiger partial charge < -0.3 is 4.90 Å². The molecule has 110 valence electrons. The van der Waals surface area contributed by atoms with Crippen LogP contribution in [-0.4, -0.2) is 48.6 Å². The van der Waals surface area contributed by atoms with Gasteiger partial charge in [0.1, 0.15) is 0 Å². The molecule has 1 aliphatic heterocycles. The zero-order chi connectivity index (χ0) is 13.8. The molecule has 0 amide bonds. The molecule has 2 aliphatic rings. The summed E-state index contributed by atoms with van der Waals surface area (Å²) in [5.41, 5.74) is 1.70. The predicted molar refractivity (Wildman–Crippen MR) is 83.4 cm³/mol. The third kappa shape index (κ3) is 4.32. The fraction of sp³-hybridized carbons (Fsp3) is 0.882. The van der Waals surface area contributed by atoms with Crippen molar-refractivity contribution in [3.8, 4) is 0 Å². The maximum Gasteiger partial charge on any atom is 0.0113 e. The molecule has 1 unspecified atom stereocenters. The van der Waals surface area contributed by atoms with Crippen molar-refractivity contribution in [3.63, 3.8) is 0 Å². The molecule has 2 rings (SSSR count). The lowest BCUT2D eigenvalue weighted by atomic mass is 9.85. The largest absolute Gasteiger partial charge is 0.301 e. The zero-order valence-electron chi connectivity index (χ0n) is 13.4. The first-order chi connectivity index (χ1) is 9.06. The summed E-state index contributed by atoms with van der Waals surface area (Å²) >= 11 is 0. The van der Waals surface area contributed by atoms with Crippen LogP contribution in [0, 0.1) is 11.8 Å². The molecule has 1 saturated heterocycles. The monoisotopic (exact) mass is 264 g/mol. The summed E-state index contributed by atoms with van der Waals surface area (Å²) in [6, 6.07) is 0.716. The van der Waals surface area contributed by atoms with Crippen molar-refractivity contribution < 1.29 is 0 Å². The van der Waals surface area contributed by atoms with Crippen molar-refractivity contribution in [2.75, 3.05) is 32.7 Å². The Hall–Kier alpha value is -0.340. The maximum absolute atomic E-state index is 2.69. The fourth-order valence-corrected chi connectivity index (χ4v) is 3.43. The van der Waals surface area contributed by atoms with E-state index < -0.39 is 0 Å². The first-order valence-corrected chi connectivity index (χ1v) is 8.21. The first-order valence-electron chi connectivity index (χ1n) is 8.21. The molecule has 1 heterocycles. The highest BCUT2D eigenvalue weighted by Gasteiger charge is 2.22. The third-order valence-electron chi connectivity index (χ3n) is 4.95. The van der Waals surface area contributed by atoms with Gasteiger partial charge in [0.15, 0.2) is 0 Å². The Morgan fingerprint density at radius 2 is 1.79 bits per heavy atom. The lowest BCUT2D eigenvalue weighted by Crippen LogP contribution is -2.49. The van der Waals surface area contributed by atoms with Crippen LogP contribution >= 0.6 is 0 Å². The van der Waals surface area contributed by atoms with Gasteiger partial charge in [0.2, 0.25) is 0 Å². The molecule has 0 aromatic rings. The van der Waals surface area contributed by atoms with Crippen molar-refractivity contribution in [1.29, 1.82) is 0 Å². The van der Waals surface area contributed by atoms with Gasteiger partial charge in [0.25, 0.3) is 0 Å². The van der Waals surface area contributed by atoms with Gasteiger partial charge in [-0.3, -0.25) is 4.90 Å². The lowest BCUT2D eigenvalue weighted by Gasteiger charge is -2.38. The Bertz CT molecular complexity index is 298. The van der Waals surface area contributed by atoms with E-state index in [4.69, 9.17) is 0 Å². The van der Waals surface area contributed by atoms with Gasteiger partial charge in [-0.1, -0.05) is 25.5 Å². The van der Waals surface area contributed by atoms with E-state index in [2.05, 4.69) is 43.6 Å². The molecule has 0 radical (unpaired) electrons. The molecule has 0 aromatic carbocycles. The van der Waals surface area contributed by atoms with Gasteiger partial charge in [-0.25, -0.2) is 0 Å². The molecule has 0 aromatic heterocycles. The van der Waals surface area contributed by atoms with Gasteiger partial charge in [-0.15, -0.1) is 0 Å². The molecular formula is C17H32N2. The summed E-state index contributed by atoms with van der Waals surface area (Å²) in [4.78, 5) is 5.30. The SMILES string of the molecule is CC(C)C1=CCC(CN2CCN(C(C)C)CC2)CC1. The Morgan fingerprint density at radius 3 is 2.26 bits per heavy atom. The van der Waals surface area contributed by atoms with E-state index >= 15 is 0 Å². The van der Waals surface area contributed by atoms with Crippen LogP contribution in [0.3, 0.4) is 0 Å². The molecule has 0 saturated carbocycles. The Labute approximate surface area is 119 Å². The second-order valence-corrected chi connectivity index (χ2v) is 7.00. The molecule has 2 heteroatoms. The average Bonchev–Trinajstić information content (AvgIpc) is 2.40. The molecular weight excluding hydrogens is 232 g/mol. The van der Waals surface area contributed by atoms with E-state index in [1.807, 2.05) is 0 Å². The molecule has 0 N–H and O–H groups in total. The van der Waals surface area contributed by atoms with Crippen LogP contribution in [0.5, 0.6) is 0 Å². The van der Waals surface area contributed by atoms with Crippen LogP contribution in [0.15, 0.2) is 11.6 Å². The highest BCUT2D eigenvalue weighted by molar-refractivity contribution is 5.08. The maximum atomic E-state index is 2.69. The van der Waals surface area contributed by atoms with Gasteiger partial charge in [-0.05, 0) is 44.9 Å². The van der Waals surface area contributed by atoms with E-state index in [1.165, 1.54) is 52.0 Å². The first kappa shape index (κ1) is 15.1. The Kier molecular flexibility index (Phi) is 5.47. The Balaban J connectivity index is 1.72. The van der Waals surface area contributed by atoms with Crippen LogP contribution in [0.25, 0.3) is 0 Å². The van der Waals surface area contributed by atoms with Crippen molar-refractivity contribution >= 4 is 0 Å². The molecule has 1 aliphatic carbocycles. The number of piperazine rings is 1. The number of allylic oxidation sites excluding steroid dienone is 2. The second-order valence-electron chi connectivity index (χ2n) is 7.00. The minimum Gasteiger partial charge on any atom is -0.301 e. The van der Waals surface area contributed by atoms with Crippen LogP contribution < -0.4 is 0 Å². The zero-order valence-corrected chi connectivity index (χ0v) is 13.4. The molecule has 1 atom stereocenters. The van der Waals surface area contributed by atoms with Crippen LogP contribution in [0.4, 0.5) is 0 Å². The van der Waals surface area contributed by atoms with Crippen LogP contribution in [0.1, 0.15) is 47.0 Å². The van der Waals surface area contributed by atoms with E-state index in [-0.39, 0.29) is 0 Å². The molecule has 0 bridgehead atoms. The predicted octanol–water partition coefficient (Wildman–Crippen LogP) is 3.39. The summed E-state index contributed by atoms with van der Waals surface area (Å²) in [6.45, 7) is 15.7. The summed E-state index contributed by atoms with van der Waals surface area (Å²) in [5, 5.41) is 0. The third-order valence-corrected chi connectivity index (χ3v) is 4.95. The van der Waals surface area contributed by atoms with Gasteiger partial charge in [0, 0.05) is 38.8 Å².